The van der Waals surface area contributed by atoms with E-state index in [0.717, 1.165) is 38.8 Å². The van der Waals surface area contributed by atoms with Crippen molar-refractivity contribution in [1.82, 2.24) is 14.8 Å². The van der Waals surface area contributed by atoms with Gasteiger partial charge in [0.25, 0.3) is 5.91 Å². The molecule has 5 atom stereocenters. The van der Waals surface area contributed by atoms with Crippen LogP contribution in [-0.2, 0) is 9.59 Å². The minimum absolute atomic E-state index is 0.00713. The molecule has 0 N–H and O–H groups in total. The Hall–Kier alpha value is -2.15. The van der Waals surface area contributed by atoms with Crippen LogP contribution in [-0.4, -0.2) is 65.7 Å². The van der Waals surface area contributed by atoms with Gasteiger partial charge in [-0.15, -0.1) is 0 Å². The summed E-state index contributed by atoms with van der Waals surface area (Å²) < 4.78 is 5.13. The molecule has 4 bridgehead atoms. The predicted octanol–water partition coefficient (Wildman–Crippen LogP) is 2.28. The van der Waals surface area contributed by atoms with Gasteiger partial charge in [-0.25, -0.2) is 4.98 Å². The van der Waals surface area contributed by atoms with Crippen LogP contribution < -0.4 is 4.74 Å². The first-order valence-electron chi connectivity index (χ1n) is 11.2. The van der Waals surface area contributed by atoms with Crippen LogP contribution in [0.2, 0.25) is 5.15 Å². The first-order valence-corrected chi connectivity index (χ1v) is 11.6. The third-order valence-electron chi connectivity index (χ3n) is 8.67. The van der Waals surface area contributed by atoms with E-state index in [9.17, 15) is 14.4 Å². The SMILES string of the molecule is COc1cc(C(=O)N2CCC3(CC2)CCN(C(=O)C2C4CC5C(C4=O)C52)C3)cc(Cl)n1. The molecule has 1 aromatic rings. The molecule has 2 amide bonds. The maximum absolute atomic E-state index is 13.2. The van der Waals surface area contributed by atoms with Crippen molar-refractivity contribution in [1.29, 1.82) is 0 Å². The minimum Gasteiger partial charge on any atom is -0.481 e. The lowest BCUT2D eigenvalue weighted by molar-refractivity contribution is -0.138. The van der Waals surface area contributed by atoms with E-state index in [2.05, 4.69) is 4.98 Å². The van der Waals surface area contributed by atoms with Crippen LogP contribution in [0.3, 0.4) is 0 Å². The van der Waals surface area contributed by atoms with Gasteiger partial charge < -0.3 is 14.5 Å². The number of methoxy groups -OCH3 is 1. The molecular formula is C23H26ClN3O4. The molecule has 2 aliphatic heterocycles. The maximum atomic E-state index is 13.2. The second-order valence-corrected chi connectivity index (χ2v) is 10.4. The number of hydrogen-bond acceptors (Lipinski definition) is 5. The molecule has 5 unspecified atom stereocenters. The molecule has 3 heterocycles. The predicted molar refractivity (Wildman–Crippen MR) is 112 cm³/mol. The molecule has 0 aromatic carbocycles. The number of nitrogens with zero attached hydrogens (tertiary/aromatic N) is 3. The molecule has 4 saturated carbocycles. The monoisotopic (exact) mass is 443 g/mol. The Kier molecular flexibility index (Phi) is 4.20. The number of aromatic nitrogens is 1. The Labute approximate surface area is 186 Å². The molecule has 164 valence electrons. The van der Waals surface area contributed by atoms with Crippen LogP contribution in [0, 0.1) is 35.0 Å². The molecule has 4 aliphatic carbocycles. The van der Waals surface area contributed by atoms with Gasteiger partial charge in [0, 0.05) is 49.6 Å². The maximum Gasteiger partial charge on any atom is 0.254 e. The molecule has 2 saturated heterocycles. The first-order chi connectivity index (χ1) is 14.9. The van der Waals surface area contributed by atoms with Gasteiger partial charge in [0.1, 0.15) is 10.9 Å². The zero-order valence-electron chi connectivity index (χ0n) is 17.6. The smallest absolute Gasteiger partial charge is 0.254 e. The summed E-state index contributed by atoms with van der Waals surface area (Å²) in [5.41, 5.74) is 0.578. The number of carbonyl (C=O) groups excluding carboxylic acids is 3. The Morgan fingerprint density at radius 2 is 1.87 bits per heavy atom. The van der Waals surface area contributed by atoms with E-state index >= 15 is 0 Å². The minimum atomic E-state index is -0.0626. The largest absolute Gasteiger partial charge is 0.481 e. The highest BCUT2D eigenvalue weighted by Gasteiger charge is 2.75. The van der Waals surface area contributed by atoms with Crippen molar-refractivity contribution < 1.29 is 19.1 Å². The quantitative estimate of drug-likeness (QED) is 0.669. The van der Waals surface area contributed by atoms with Crippen LogP contribution in [0.5, 0.6) is 5.88 Å². The van der Waals surface area contributed by atoms with E-state index < -0.39 is 0 Å². The van der Waals surface area contributed by atoms with Crippen molar-refractivity contribution >= 4 is 29.2 Å². The lowest BCUT2D eigenvalue weighted by Gasteiger charge is -2.39. The van der Waals surface area contributed by atoms with Crippen LogP contribution in [0.25, 0.3) is 0 Å². The summed E-state index contributed by atoms with van der Waals surface area (Å²) in [6, 6.07) is 3.19. The summed E-state index contributed by atoms with van der Waals surface area (Å²) in [7, 11) is 1.50. The Balaban J connectivity index is 1.09. The van der Waals surface area contributed by atoms with Crippen molar-refractivity contribution in [3.05, 3.63) is 22.8 Å². The van der Waals surface area contributed by atoms with Crippen molar-refractivity contribution in [2.24, 2.45) is 35.0 Å². The van der Waals surface area contributed by atoms with Gasteiger partial charge in [-0.05, 0) is 49.0 Å². The average Bonchev–Trinajstić information content (AvgIpc) is 3.12. The molecule has 1 spiro atoms. The third kappa shape index (κ3) is 2.85. The fourth-order valence-electron chi connectivity index (χ4n) is 6.99. The van der Waals surface area contributed by atoms with Crippen molar-refractivity contribution in [2.45, 2.75) is 25.7 Å². The first kappa shape index (κ1) is 19.5. The molecule has 7 nitrogen and oxygen atoms in total. The van der Waals surface area contributed by atoms with Crippen LogP contribution in [0.1, 0.15) is 36.0 Å². The summed E-state index contributed by atoms with van der Waals surface area (Å²) in [5, 5.41) is 0.238. The Morgan fingerprint density at radius 3 is 2.45 bits per heavy atom. The molecule has 31 heavy (non-hydrogen) atoms. The number of halogens is 1. The molecule has 6 fully saturated rings. The lowest BCUT2D eigenvalue weighted by Crippen LogP contribution is -2.45. The van der Waals surface area contributed by atoms with Gasteiger partial charge in [-0.3, -0.25) is 14.4 Å². The van der Waals surface area contributed by atoms with E-state index in [4.69, 9.17) is 16.3 Å². The normalized spacial score (nSPS) is 34.5. The molecule has 1 aromatic heterocycles. The number of pyridine rings is 1. The van der Waals surface area contributed by atoms with Gasteiger partial charge in [0.05, 0.1) is 13.0 Å². The lowest BCUT2D eigenvalue weighted by atomic mass is 9.77. The number of likely N-dealkylation sites (tertiary alicyclic amines) is 2. The van der Waals surface area contributed by atoms with Gasteiger partial charge in [0.15, 0.2) is 0 Å². The average molecular weight is 444 g/mol. The van der Waals surface area contributed by atoms with Crippen molar-refractivity contribution in [3.8, 4) is 5.88 Å². The fourth-order valence-corrected chi connectivity index (χ4v) is 7.19. The Morgan fingerprint density at radius 1 is 1.16 bits per heavy atom. The molecule has 7 rings (SSSR count). The van der Waals surface area contributed by atoms with Crippen LogP contribution in [0.15, 0.2) is 12.1 Å². The summed E-state index contributed by atoms with van der Waals surface area (Å²) in [6.07, 6.45) is 3.71. The number of piperidine rings is 1. The number of Topliss-reactive ketones (excluding diaryl/α,β-unsaturated/α-hetero) is 1. The Bertz CT molecular complexity index is 989. The number of hydrogen-bond donors (Lipinski definition) is 0. The standard InChI is InChI=1S/C23H26ClN3O4/c1-31-16-9-12(8-15(24)25-16)21(29)26-5-2-23(3-6-26)4-7-27(11-23)22(30)19-14-10-13-17(19)18(13)20(14)28/h8-9,13-14,17-19H,2-7,10-11H2,1H3. The number of ether oxygens (including phenoxy) is 1. The summed E-state index contributed by atoms with van der Waals surface area (Å²) in [5.74, 6) is 1.90. The highest BCUT2D eigenvalue weighted by atomic mass is 35.5. The fraction of sp³-hybridized carbons (Fsp3) is 0.652. The summed E-state index contributed by atoms with van der Waals surface area (Å²) in [4.78, 5) is 46.4. The highest BCUT2D eigenvalue weighted by molar-refractivity contribution is 6.29. The summed E-state index contributed by atoms with van der Waals surface area (Å²) >= 11 is 6.02. The molecular weight excluding hydrogens is 418 g/mol. The van der Waals surface area contributed by atoms with Crippen molar-refractivity contribution in [2.75, 3.05) is 33.3 Å². The van der Waals surface area contributed by atoms with Crippen LogP contribution in [0.4, 0.5) is 0 Å². The number of carbonyl (C=O) groups is 3. The van der Waals surface area contributed by atoms with E-state index in [-0.39, 0.29) is 40.1 Å². The van der Waals surface area contributed by atoms with Crippen LogP contribution >= 0.6 is 11.6 Å². The van der Waals surface area contributed by atoms with Gasteiger partial charge in [-0.2, -0.15) is 0 Å². The van der Waals surface area contributed by atoms with E-state index in [1.165, 1.54) is 7.11 Å². The molecule has 8 heteroatoms. The van der Waals surface area contributed by atoms with E-state index in [1.807, 2.05) is 9.80 Å². The van der Waals surface area contributed by atoms with Crippen molar-refractivity contribution in [3.63, 3.8) is 0 Å². The summed E-state index contributed by atoms with van der Waals surface area (Å²) in [6.45, 7) is 2.88. The molecule has 0 radical (unpaired) electrons. The van der Waals surface area contributed by atoms with E-state index in [1.54, 1.807) is 12.1 Å². The third-order valence-corrected chi connectivity index (χ3v) is 8.86. The topological polar surface area (TPSA) is 79.8 Å². The number of ketones is 1. The second kappa shape index (κ2) is 6.67. The van der Waals surface area contributed by atoms with Gasteiger partial charge in [-0.1, -0.05) is 11.6 Å². The van der Waals surface area contributed by atoms with Gasteiger partial charge in [0.2, 0.25) is 11.8 Å². The molecule has 6 aliphatic rings. The zero-order valence-corrected chi connectivity index (χ0v) is 18.3. The number of rotatable bonds is 3. The number of amides is 2. The van der Waals surface area contributed by atoms with Gasteiger partial charge >= 0.3 is 0 Å². The zero-order chi connectivity index (χ0) is 21.5. The highest BCUT2D eigenvalue weighted by Crippen LogP contribution is 2.71. The van der Waals surface area contributed by atoms with E-state index in [0.29, 0.717) is 42.2 Å². The second-order valence-electron chi connectivity index (χ2n) is 10.1.